The second-order valence-electron chi connectivity index (χ2n) is 5.56. The van der Waals surface area contributed by atoms with Gasteiger partial charge in [-0.05, 0) is 37.1 Å². The van der Waals surface area contributed by atoms with Crippen LogP contribution in [0.2, 0.25) is 5.02 Å². The van der Waals surface area contributed by atoms with Crippen LogP contribution in [0.1, 0.15) is 36.2 Å². The Morgan fingerprint density at radius 1 is 1.50 bits per heavy atom. The highest BCUT2D eigenvalue weighted by Crippen LogP contribution is 2.40. The quantitative estimate of drug-likeness (QED) is 0.865. The molecular weight excluding hydrogens is 250 g/mol. The number of hydrogen-bond donors (Lipinski definition) is 2. The maximum absolute atomic E-state index is 12.1. The summed E-state index contributed by atoms with van der Waals surface area (Å²) in [4.78, 5) is 12.1. The molecule has 0 spiro atoms. The SMILES string of the molecule is Cc1cc(C(=O)NC2CC(O)C2(C)C)ccc1Cl. The maximum atomic E-state index is 12.1. The minimum atomic E-state index is -0.338. The van der Waals surface area contributed by atoms with Crippen LogP contribution in [0.15, 0.2) is 18.2 Å². The van der Waals surface area contributed by atoms with Crippen molar-refractivity contribution in [3.63, 3.8) is 0 Å². The van der Waals surface area contributed by atoms with Gasteiger partial charge in [-0.15, -0.1) is 0 Å². The molecule has 1 aromatic carbocycles. The number of halogens is 1. The van der Waals surface area contributed by atoms with Crippen LogP contribution >= 0.6 is 11.6 Å². The third kappa shape index (κ3) is 2.25. The number of amides is 1. The molecule has 0 aliphatic heterocycles. The van der Waals surface area contributed by atoms with E-state index < -0.39 is 0 Å². The van der Waals surface area contributed by atoms with Gasteiger partial charge in [0, 0.05) is 22.0 Å². The first-order chi connectivity index (χ1) is 8.32. The van der Waals surface area contributed by atoms with Gasteiger partial charge in [0.2, 0.25) is 0 Å². The van der Waals surface area contributed by atoms with Crippen LogP contribution in [0.4, 0.5) is 0 Å². The van der Waals surface area contributed by atoms with E-state index in [1.54, 1.807) is 18.2 Å². The molecule has 1 aliphatic rings. The Balaban J connectivity index is 2.07. The molecule has 0 saturated heterocycles. The summed E-state index contributed by atoms with van der Waals surface area (Å²) in [7, 11) is 0. The number of benzene rings is 1. The van der Waals surface area contributed by atoms with Crippen molar-refractivity contribution in [1.82, 2.24) is 5.32 Å². The molecule has 2 rings (SSSR count). The molecule has 0 aromatic heterocycles. The number of aliphatic hydroxyl groups excluding tert-OH is 1. The van der Waals surface area contributed by atoms with E-state index >= 15 is 0 Å². The number of hydrogen-bond acceptors (Lipinski definition) is 2. The largest absolute Gasteiger partial charge is 0.392 e. The number of rotatable bonds is 2. The lowest BCUT2D eigenvalue weighted by Gasteiger charge is -2.49. The summed E-state index contributed by atoms with van der Waals surface area (Å²) in [6, 6.07) is 5.25. The summed E-state index contributed by atoms with van der Waals surface area (Å²) >= 11 is 5.93. The molecule has 0 heterocycles. The standard InChI is InChI=1S/C14H18ClNO2/c1-8-6-9(4-5-10(8)15)13(18)16-11-7-12(17)14(11,2)3/h4-6,11-12,17H,7H2,1-3H3,(H,16,18). The van der Waals surface area contributed by atoms with Gasteiger partial charge < -0.3 is 10.4 Å². The molecule has 3 nitrogen and oxygen atoms in total. The van der Waals surface area contributed by atoms with Crippen LogP contribution < -0.4 is 5.32 Å². The topological polar surface area (TPSA) is 49.3 Å². The van der Waals surface area contributed by atoms with Gasteiger partial charge in [-0.1, -0.05) is 25.4 Å². The molecule has 1 aromatic rings. The second-order valence-corrected chi connectivity index (χ2v) is 5.97. The maximum Gasteiger partial charge on any atom is 0.251 e. The van der Waals surface area contributed by atoms with Crippen molar-refractivity contribution in [2.45, 2.75) is 39.3 Å². The molecule has 2 N–H and O–H groups in total. The summed E-state index contributed by atoms with van der Waals surface area (Å²) in [5, 5.41) is 13.3. The normalized spacial score (nSPS) is 25.4. The van der Waals surface area contributed by atoms with Crippen molar-refractivity contribution in [2.24, 2.45) is 5.41 Å². The van der Waals surface area contributed by atoms with Gasteiger partial charge >= 0.3 is 0 Å². The van der Waals surface area contributed by atoms with E-state index in [2.05, 4.69) is 5.32 Å². The Kier molecular flexibility index (Phi) is 3.39. The van der Waals surface area contributed by atoms with Gasteiger partial charge in [-0.25, -0.2) is 0 Å². The van der Waals surface area contributed by atoms with Crippen LogP contribution in [-0.2, 0) is 0 Å². The van der Waals surface area contributed by atoms with Gasteiger partial charge in [0.1, 0.15) is 0 Å². The fourth-order valence-corrected chi connectivity index (χ4v) is 2.29. The number of carbonyl (C=O) groups is 1. The van der Waals surface area contributed by atoms with E-state index in [0.717, 1.165) is 5.56 Å². The number of aryl methyl sites for hydroxylation is 1. The Hall–Kier alpha value is -1.06. The van der Waals surface area contributed by atoms with Crippen molar-refractivity contribution in [3.05, 3.63) is 34.3 Å². The number of nitrogens with one attached hydrogen (secondary N) is 1. The lowest BCUT2D eigenvalue weighted by Crippen LogP contribution is -2.61. The van der Waals surface area contributed by atoms with E-state index in [1.807, 2.05) is 20.8 Å². The van der Waals surface area contributed by atoms with Crippen LogP contribution in [0, 0.1) is 12.3 Å². The molecule has 2 unspecified atom stereocenters. The Morgan fingerprint density at radius 3 is 2.67 bits per heavy atom. The van der Waals surface area contributed by atoms with Gasteiger partial charge in [-0.3, -0.25) is 4.79 Å². The molecule has 18 heavy (non-hydrogen) atoms. The zero-order valence-electron chi connectivity index (χ0n) is 10.8. The average molecular weight is 268 g/mol. The fraction of sp³-hybridized carbons (Fsp3) is 0.500. The average Bonchev–Trinajstić information content (AvgIpc) is 2.32. The highest BCUT2D eigenvalue weighted by molar-refractivity contribution is 6.31. The molecule has 0 bridgehead atoms. The molecule has 1 fully saturated rings. The molecule has 2 atom stereocenters. The second kappa shape index (κ2) is 4.56. The Labute approximate surface area is 112 Å². The van der Waals surface area contributed by atoms with Crippen molar-refractivity contribution in [2.75, 3.05) is 0 Å². The van der Waals surface area contributed by atoms with Gasteiger partial charge in [0.05, 0.1) is 6.10 Å². The third-order valence-electron chi connectivity index (χ3n) is 3.94. The minimum Gasteiger partial charge on any atom is -0.392 e. The van der Waals surface area contributed by atoms with Crippen LogP contribution in [0.25, 0.3) is 0 Å². The zero-order valence-corrected chi connectivity index (χ0v) is 11.6. The van der Waals surface area contributed by atoms with Gasteiger partial charge in [0.15, 0.2) is 0 Å². The summed E-state index contributed by atoms with van der Waals surface area (Å²) in [6.45, 7) is 5.79. The number of carbonyl (C=O) groups excluding carboxylic acids is 1. The zero-order chi connectivity index (χ0) is 13.5. The Bertz CT molecular complexity index is 485. The molecule has 1 saturated carbocycles. The van der Waals surface area contributed by atoms with Crippen molar-refractivity contribution >= 4 is 17.5 Å². The molecule has 1 aliphatic carbocycles. The first-order valence-corrected chi connectivity index (χ1v) is 6.45. The molecule has 98 valence electrons. The van der Waals surface area contributed by atoms with E-state index in [9.17, 15) is 9.90 Å². The monoisotopic (exact) mass is 267 g/mol. The predicted octanol–water partition coefficient (Wildman–Crippen LogP) is 2.54. The fourth-order valence-electron chi connectivity index (χ4n) is 2.17. The first kappa shape index (κ1) is 13.4. The van der Waals surface area contributed by atoms with Crippen LogP contribution in [0.3, 0.4) is 0 Å². The van der Waals surface area contributed by atoms with Crippen LogP contribution in [0.5, 0.6) is 0 Å². The van der Waals surface area contributed by atoms with Crippen molar-refractivity contribution in [1.29, 1.82) is 0 Å². The van der Waals surface area contributed by atoms with E-state index in [4.69, 9.17) is 11.6 Å². The van der Waals surface area contributed by atoms with E-state index in [-0.39, 0.29) is 23.5 Å². The molecule has 0 radical (unpaired) electrons. The molecule has 4 heteroatoms. The van der Waals surface area contributed by atoms with Crippen molar-refractivity contribution < 1.29 is 9.90 Å². The first-order valence-electron chi connectivity index (χ1n) is 6.07. The summed E-state index contributed by atoms with van der Waals surface area (Å²) in [6.07, 6.45) is 0.278. The summed E-state index contributed by atoms with van der Waals surface area (Å²) in [5.74, 6) is -0.111. The lowest BCUT2D eigenvalue weighted by molar-refractivity contribution is -0.0689. The molecule has 1 amide bonds. The molecular formula is C14H18ClNO2. The van der Waals surface area contributed by atoms with Crippen LogP contribution in [-0.4, -0.2) is 23.2 Å². The highest BCUT2D eigenvalue weighted by atomic mass is 35.5. The highest BCUT2D eigenvalue weighted by Gasteiger charge is 2.47. The predicted molar refractivity (Wildman–Crippen MR) is 71.8 cm³/mol. The summed E-state index contributed by atoms with van der Waals surface area (Å²) < 4.78 is 0. The Morgan fingerprint density at radius 2 is 2.17 bits per heavy atom. The van der Waals surface area contributed by atoms with Crippen molar-refractivity contribution in [3.8, 4) is 0 Å². The summed E-state index contributed by atoms with van der Waals surface area (Å²) in [5.41, 5.74) is 1.24. The van der Waals surface area contributed by atoms with E-state index in [0.29, 0.717) is 17.0 Å². The third-order valence-corrected chi connectivity index (χ3v) is 4.37. The minimum absolute atomic E-state index is 0.0241. The van der Waals surface area contributed by atoms with E-state index in [1.165, 1.54) is 0 Å². The van der Waals surface area contributed by atoms with Gasteiger partial charge in [-0.2, -0.15) is 0 Å². The van der Waals surface area contributed by atoms with Gasteiger partial charge in [0.25, 0.3) is 5.91 Å². The smallest absolute Gasteiger partial charge is 0.251 e. The number of aliphatic hydroxyl groups is 1. The lowest BCUT2D eigenvalue weighted by atomic mass is 9.64.